The second kappa shape index (κ2) is 7.00. The normalized spacial score (nSPS) is 11.9. The molecule has 0 bridgehead atoms. The van der Waals surface area contributed by atoms with E-state index >= 15 is 0 Å². The molecule has 0 aliphatic heterocycles. The number of alkyl halides is 6. The first-order valence-corrected chi connectivity index (χ1v) is 7.84. The molecule has 1 aromatic heterocycles. The van der Waals surface area contributed by atoms with Crippen LogP contribution in [0, 0.1) is 11.3 Å². The van der Waals surface area contributed by atoms with Crippen LogP contribution in [0.15, 0.2) is 60.9 Å². The average molecular weight is 392 g/mol. The lowest BCUT2D eigenvalue weighted by Crippen LogP contribution is -2.04. The van der Waals surface area contributed by atoms with E-state index in [1.807, 2.05) is 6.07 Å². The van der Waals surface area contributed by atoms with Crippen LogP contribution < -0.4 is 0 Å². The number of benzene rings is 2. The monoisotopic (exact) mass is 392 g/mol. The maximum absolute atomic E-state index is 12.7. The molecule has 2 aromatic carbocycles. The van der Waals surface area contributed by atoms with E-state index in [0.29, 0.717) is 11.1 Å². The van der Waals surface area contributed by atoms with Gasteiger partial charge in [-0.15, -0.1) is 0 Å². The lowest BCUT2D eigenvalue weighted by molar-refractivity contribution is -0.138. The van der Waals surface area contributed by atoms with Crippen LogP contribution in [0.25, 0.3) is 22.3 Å². The van der Waals surface area contributed by atoms with E-state index in [4.69, 9.17) is 0 Å². The molecule has 0 N–H and O–H groups in total. The van der Waals surface area contributed by atoms with Crippen molar-refractivity contribution in [3.63, 3.8) is 0 Å². The van der Waals surface area contributed by atoms with Crippen LogP contribution in [-0.2, 0) is 12.4 Å². The van der Waals surface area contributed by atoms with Crippen LogP contribution in [-0.4, -0.2) is 4.98 Å². The number of halogens is 6. The molecular formula is C20H10F6N2. The lowest BCUT2D eigenvalue weighted by Gasteiger charge is -2.12. The van der Waals surface area contributed by atoms with Gasteiger partial charge in [-0.1, -0.05) is 24.3 Å². The average Bonchev–Trinajstić information content (AvgIpc) is 2.66. The van der Waals surface area contributed by atoms with Crippen LogP contribution in [0.4, 0.5) is 26.3 Å². The van der Waals surface area contributed by atoms with E-state index in [1.54, 1.807) is 0 Å². The van der Waals surface area contributed by atoms with Crippen molar-refractivity contribution in [2.24, 2.45) is 0 Å². The molecule has 0 spiro atoms. The Labute approximate surface area is 155 Å². The smallest absolute Gasteiger partial charge is 0.263 e. The summed E-state index contributed by atoms with van der Waals surface area (Å²) in [4.78, 5) is 3.99. The maximum atomic E-state index is 12.7. The fraction of sp³-hybridized carbons (Fsp3) is 0.100. The molecule has 3 aromatic rings. The van der Waals surface area contributed by atoms with Gasteiger partial charge < -0.3 is 0 Å². The third-order valence-corrected chi connectivity index (χ3v) is 4.10. The van der Waals surface area contributed by atoms with Gasteiger partial charge in [0.1, 0.15) is 6.07 Å². The van der Waals surface area contributed by atoms with Gasteiger partial charge >= 0.3 is 12.4 Å². The first-order chi connectivity index (χ1) is 13.1. The van der Waals surface area contributed by atoms with E-state index in [1.165, 1.54) is 36.7 Å². The van der Waals surface area contributed by atoms with Crippen LogP contribution in [0.5, 0.6) is 0 Å². The van der Waals surface area contributed by atoms with Gasteiger partial charge in [0.05, 0.1) is 16.7 Å². The standard InChI is InChI=1S/C20H10F6N2/c21-19(22,23)14-5-1-12(2-6-14)17-10-28-11-18(16(17)9-27)13-3-7-15(8-4-13)20(24,25)26/h1-8,10-11H. The van der Waals surface area contributed by atoms with Crippen LogP contribution in [0.3, 0.4) is 0 Å². The third-order valence-electron chi connectivity index (χ3n) is 4.10. The van der Waals surface area contributed by atoms with Gasteiger partial charge in [-0.2, -0.15) is 31.6 Å². The molecular weight excluding hydrogens is 382 g/mol. The second-order valence-electron chi connectivity index (χ2n) is 5.87. The summed E-state index contributed by atoms with van der Waals surface area (Å²) in [5, 5.41) is 9.55. The zero-order chi connectivity index (χ0) is 20.5. The van der Waals surface area contributed by atoms with Crippen molar-refractivity contribution in [1.82, 2.24) is 4.98 Å². The number of rotatable bonds is 2. The number of hydrogen-bond acceptors (Lipinski definition) is 2. The molecule has 0 saturated carbocycles. The molecule has 0 amide bonds. The van der Waals surface area contributed by atoms with Crippen LogP contribution in [0.2, 0.25) is 0 Å². The summed E-state index contributed by atoms with van der Waals surface area (Å²) in [6.45, 7) is 0. The third kappa shape index (κ3) is 3.83. The fourth-order valence-electron chi connectivity index (χ4n) is 2.70. The molecule has 28 heavy (non-hydrogen) atoms. The molecule has 1 heterocycles. The van der Waals surface area contributed by atoms with Gasteiger partial charge in [0.15, 0.2) is 0 Å². The highest BCUT2D eigenvalue weighted by Gasteiger charge is 2.31. The van der Waals surface area contributed by atoms with Crippen molar-refractivity contribution in [3.05, 3.63) is 77.6 Å². The molecule has 0 saturated heterocycles. The Morgan fingerprint density at radius 3 is 1.29 bits per heavy atom. The Bertz CT molecular complexity index is 951. The largest absolute Gasteiger partial charge is 0.416 e. The Kier molecular flexibility index (Phi) is 4.86. The predicted molar refractivity (Wildman–Crippen MR) is 89.8 cm³/mol. The van der Waals surface area contributed by atoms with Gasteiger partial charge in [-0.05, 0) is 35.4 Å². The number of nitrogens with zero attached hydrogens (tertiary/aromatic N) is 2. The highest BCUT2D eigenvalue weighted by Crippen LogP contribution is 2.35. The highest BCUT2D eigenvalue weighted by molar-refractivity contribution is 5.81. The number of nitriles is 1. The van der Waals surface area contributed by atoms with Crippen molar-refractivity contribution < 1.29 is 26.3 Å². The van der Waals surface area contributed by atoms with Gasteiger partial charge in [-0.3, -0.25) is 4.98 Å². The molecule has 0 radical (unpaired) electrons. The number of aromatic nitrogens is 1. The summed E-state index contributed by atoms with van der Waals surface area (Å²) < 4.78 is 76.3. The molecule has 2 nitrogen and oxygen atoms in total. The zero-order valence-electron chi connectivity index (χ0n) is 13.9. The highest BCUT2D eigenvalue weighted by atomic mass is 19.4. The lowest BCUT2D eigenvalue weighted by atomic mass is 9.94. The second-order valence-corrected chi connectivity index (χ2v) is 5.87. The van der Waals surface area contributed by atoms with Crippen molar-refractivity contribution in [3.8, 4) is 28.3 Å². The Morgan fingerprint density at radius 2 is 1.00 bits per heavy atom. The summed E-state index contributed by atoms with van der Waals surface area (Å²) in [6, 6.07) is 10.4. The minimum atomic E-state index is -4.49. The SMILES string of the molecule is N#Cc1c(-c2ccc(C(F)(F)F)cc2)cncc1-c1ccc(C(F)(F)F)cc1. The van der Waals surface area contributed by atoms with Gasteiger partial charge in [0.25, 0.3) is 0 Å². The molecule has 142 valence electrons. The first kappa shape index (κ1) is 19.4. The van der Waals surface area contributed by atoms with E-state index in [0.717, 1.165) is 24.3 Å². The summed E-state index contributed by atoms with van der Waals surface area (Å²) in [6.07, 6.45) is -6.32. The molecule has 8 heteroatoms. The molecule has 0 atom stereocenters. The topological polar surface area (TPSA) is 36.7 Å². The summed E-state index contributed by atoms with van der Waals surface area (Å²) in [7, 11) is 0. The van der Waals surface area contributed by atoms with Crippen molar-refractivity contribution in [2.45, 2.75) is 12.4 Å². The molecule has 0 aliphatic carbocycles. The van der Waals surface area contributed by atoms with Gasteiger partial charge in [-0.25, -0.2) is 0 Å². The van der Waals surface area contributed by atoms with Crippen LogP contribution >= 0.6 is 0 Å². The molecule has 3 rings (SSSR count). The molecule has 0 fully saturated rings. The van der Waals surface area contributed by atoms with E-state index in [2.05, 4.69) is 4.98 Å². The summed E-state index contributed by atoms with van der Waals surface area (Å²) >= 11 is 0. The van der Waals surface area contributed by atoms with E-state index in [-0.39, 0.29) is 16.7 Å². The minimum absolute atomic E-state index is 0.106. The van der Waals surface area contributed by atoms with E-state index in [9.17, 15) is 31.6 Å². The fourth-order valence-corrected chi connectivity index (χ4v) is 2.70. The predicted octanol–water partition coefficient (Wildman–Crippen LogP) is 6.32. The number of pyridine rings is 1. The first-order valence-electron chi connectivity index (χ1n) is 7.84. The summed E-state index contributed by atoms with van der Waals surface area (Å²) in [5.41, 5.74) is -0.309. The quantitative estimate of drug-likeness (QED) is 0.478. The maximum Gasteiger partial charge on any atom is 0.416 e. The van der Waals surface area contributed by atoms with Gasteiger partial charge in [0.2, 0.25) is 0 Å². The van der Waals surface area contributed by atoms with Crippen molar-refractivity contribution in [1.29, 1.82) is 5.26 Å². The van der Waals surface area contributed by atoms with Gasteiger partial charge in [0, 0.05) is 23.5 Å². The molecule has 0 unspecified atom stereocenters. The zero-order valence-corrected chi connectivity index (χ0v) is 13.9. The number of hydrogen-bond donors (Lipinski definition) is 0. The minimum Gasteiger partial charge on any atom is -0.263 e. The Hall–Kier alpha value is -3.34. The Balaban J connectivity index is 2.06. The molecule has 0 aliphatic rings. The van der Waals surface area contributed by atoms with E-state index < -0.39 is 23.5 Å². The summed E-state index contributed by atoms with van der Waals surface area (Å²) in [5.74, 6) is 0. The van der Waals surface area contributed by atoms with Crippen molar-refractivity contribution >= 4 is 0 Å². The Morgan fingerprint density at radius 1 is 0.643 bits per heavy atom. The van der Waals surface area contributed by atoms with Crippen molar-refractivity contribution in [2.75, 3.05) is 0 Å². The van der Waals surface area contributed by atoms with Crippen LogP contribution in [0.1, 0.15) is 16.7 Å².